The van der Waals surface area contributed by atoms with Gasteiger partial charge in [0.05, 0.1) is 19.6 Å². The highest BCUT2D eigenvalue weighted by Crippen LogP contribution is 2.34. The fourth-order valence-electron chi connectivity index (χ4n) is 2.02. The van der Waals surface area contributed by atoms with Gasteiger partial charge in [0, 0.05) is 5.02 Å². The van der Waals surface area contributed by atoms with E-state index in [1.165, 1.54) is 0 Å². The normalized spacial score (nSPS) is 12.0. The fraction of sp³-hybridized carbons (Fsp3) is 0.250. The average Bonchev–Trinajstić information content (AvgIpc) is 2.48. The van der Waals surface area contributed by atoms with Gasteiger partial charge >= 0.3 is 0 Å². The smallest absolute Gasteiger partial charge is 0.161 e. The van der Waals surface area contributed by atoms with E-state index < -0.39 is 0 Å². The summed E-state index contributed by atoms with van der Waals surface area (Å²) in [6.07, 6.45) is 0.663. The molecule has 0 radical (unpaired) electrons. The van der Waals surface area contributed by atoms with Crippen LogP contribution in [0.1, 0.15) is 16.5 Å². The lowest BCUT2D eigenvalue weighted by Crippen LogP contribution is -1.98. The molecule has 0 aliphatic carbocycles. The maximum Gasteiger partial charge on any atom is 0.161 e. The van der Waals surface area contributed by atoms with Gasteiger partial charge in [0.2, 0.25) is 0 Å². The van der Waals surface area contributed by atoms with Crippen LogP contribution in [0.2, 0.25) is 5.02 Å². The highest BCUT2D eigenvalue weighted by Gasteiger charge is 2.13. The Kier molecular flexibility index (Phi) is 5.16. The van der Waals surface area contributed by atoms with E-state index >= 15 is 0 Å². The predicted molar refractivity (Wildman–Crippen MR) is 83.3 cm³/mol. The summed E-state index contributed by atoms with van der Waals surface area (Å²) >= 11 is 12.6. The summed E-state index contributed by atoms with van der Waals surface area (Å²) in [4.78, 5) is 0. The van der Waals surface area contributed by atoms with Gasteiger partial charge in [-0.1, -0.05) is 35.9 Å². The molecule has 2 aromatic carbocycles. The van der Waals surface area contributed by atoms with Crippen LogP contribution in [0.3, 0.4) is 0 Å². The van der Waals surface area contributed by atoms with E-state index in [-0.39, 0.29) is 5.38 Å². The molecule has 4 heteroatoms. The van der Waals surface area contributed by atoms with Crippen LogP contribution in [-0.4, -0.2) is 14.2 Å². The topological polar surface area (TPSA) is 18.5 Å². The minimum atomic E-state index is -0.172. The van der Waals surface area contributed by atoms with E-state index in [4.69, 9.17) is 32.7 Å². The maximum atomic E-state index is 6.48. The summed E-state index contributed by atoms with van der Waals surface area (Å²) < 4.78 is 10.5. The van der Waals surface area contributed by atoms with Crippen molar-refractivity contribution in [2.75, 3.05) is 14.2 Å². The molecule has 0 aromatic heterocycles. The number of benzene rings is 2. The zero-order valence-corrected chi connectivity index (χ0v) is 12.9. The Morgan fingerprint density at radius 2 is 1.70 bits per heavy atom. The largest absolute Gasteiger partial charge is 0.493 e. The van der Waals surface area contributed by atoms with Crippen LogP contribution in [0, 0.1) is 0 Å². The molecule has 2 nitrogen and oxygen atoms in total. The lowest BCUT2D eigenvalue weighted by molar-refractivity contribution is 0.354. The van der Waals surface area contributed by atoms with Crippen molar-refractivity contribution in [2.45, 2.75) is 11.8 Å². The van der Waals surface area contributed by atoms with Gasteiger partial charge in [-0.2, -0.15) is 0 Å². The summed E-state index contributed by atoms with van der Waals surface area (Å²) in [5.41, 5.74) is 2.01. The maximum absolute atomic E-state index is 6.48. The van der Waals surface area contributed by atoms with Crippen LogP contribution in [0.25, 0.3) is 0 Å². The lowest BCUT2D eigenvalue weighted by atomic mass is 10.0. The molecule has 20 heavy (non-hydrogen) atoms. The molecule has 0 saturated carbocycles. The van der Waals surface area contributed by atoms with Crippen molar-refractivity contribution >= 4 is 23.2 Å². The lowest BCUT2D eigenvalue weighted by Gasteiger charge is -2.14. The van der Waals surface area contributed by atoms with Crippen LogP contribution in [0.5, 0.6) is 11.5 Å². The molecule has 2 rings (SSSR count). The Hall–Kier alpha value is -1.38. The van der Waals surface area contributed by atoms with Gasteiger partial charge in [-0.3, -0.25) is 0 Å². The molecule has 0 spiro atoms. The molecule has 0 heterocycles. The third kappa shape index (κ3) is 3.38. The van der Waals surface area contributed by atoms with E-state index in [0.29, 0.717) is 17.9 Å². The molecular weight excluding hydrogens is 295 g/mol. The van der Waals surface area contributed by atoms with Gasteiger partial charge in [-0.15, -0.1) is 11.6 Å². The minimum absolute atomic E-state index is 0.172. The third-order valence-electron chi connectivity index (χ3n) is 3.13. The summed E-state index contributed by atoms with van der Waals surface area (Å²) in [5, 5.41) is 0.563. The molecule has 0 bridgehead atoms. The Bertz CT molecular complexity index is 584. The van der Waals surface area contributed by atoms with Crippen molar-refractivity contribution in [1.82, 2.24) is 0 Å². The van der Waals surface area contributed by atoms with Crippen molar-refractivity contribution in [2.24, 2.45) is 0 Å². The van der Waals surface area contributed by atoms with Gasteiger partial charge in [0.15, 0.2) is 11.5 Å². The molecule has 0 fully saturated rings. The van der Waals surface area contributed by atoms with Gasteiger partial charge in [-0.25, -0.2) is 0 Å². The molecular formula is C16H16Cl2O2. The van der Waals surface area contributed by atoms with E-state index in [2.05, 4.69) is 0 Å². The number of alkyl halides is 1. The molecule has 1 atom stereocenters. The first-order valence-electron chi connectivity index (χ1n) is 6.25. The van der Waals surface area contributed by atoms with Crippen LogP contribution in [-0.2, 0) is 6.42 Å². The second kappa shape index (κ2) is 6.87. The van der Waals surface area contributed by atoms with Crippen LogP contribution < -0.4 is 9.47 Å². The zero-order valence-electron chi connectivity index (χ0n) is 11.4. The summed E-state index contributed by atoms with van der Waals surface area (Å²) in [6.45, 7) is 0. The molecule has 0 amide bonds. The second-order valence-corrected chi connectivity index (χ2v) is 5.31. The van der Waals surface area contributed by atoms with Crippen LogP contribution in [0.15, 0.2) is 42.5 Å². The van der Waals surface area contributed by atoms with Crippen molar-refractivity contribution in [3.05, 3.63) is 58.6 Å². The molecule has 0 saturated heterocycles. The number of hydrogen-bond donors (Lipinski definition) is 0. The summed E-state index contributed by atoms with van der Waals surface area (Å²) in [5.74, 6) is 1.37. The van der Waals surface area contributed by atoms with Crippen molar-refractivity contribution in [3.8, 4) is 11.5 Å². The molecule has 2 aromatic rings. The van der Waals surface area contributed by atoms with Crippen molar-refractivity contribution < 1.29 is 9.47 Å². The van der Waals surface area contributed by atoms with E-state index in [9.17, 15) is 0 Å². The molecule has 0 aliphatic heterocycles. The van der Waals surface area contributed by atoms with Crippen molar-refractivity contribution in [3.63, 3.8) is 0 Å². The Balaban J connectivity index is 2.21. The monoisotopic (exact) mass is 310 g/mol. The number of halogens is 2. The highest BCUT2D eigenvalue weighted by atomic mass is 35.5. The zero-order chi connectivity index (χ0) is 14.5. The number of methoxy groups -OCH3 is 2. The first-order chi connectivity index (χ1) is 9.65. The van der Waals surface area contributed by atoms with Crippen LogP contribution >= 0.6 is 23.2 Å². The molecule has 1 unspecified atom stereocenters. The number of rotatable bonds is 5. The van der Waals surface area contributed by atoms with Gasteiger partial charge < -0.3 is 9.47 Å². The average molecular weight is 311 g/mol. The Labute approximate surface area is 129 Å². The number of ether oxygens (including phenoxy) is 2. The Morgan fingerprint density at radius 3 is 2.35 bits per heavy atom. The van der Waals surface area contributed by atoms with E-state index in [1.54, 1.807) is 14.2 Å². The predicted octanol–water partition coefficient (Wildman–Crippen LogP) is 4.88. The first-order valence-corrected chi connectivity index (χ1v) is 7.06. The highest BCUT2D eigenvalue weighted by molar-refractivity contribution is 6.31. The molecule has 0 aliphatic rings. The van der Waals surface area contributed by atoms with Crippen molar-refractivity contribution in [1.29, 1.82) is 0 Å². The van der Waals surface area contributed by atoms with E-state index in [0.717, 1.165) is 16.1 Å². The summed E-state index contributed by atoms with van der Waals surface area (Å²) in [7, 11) is 3.22. The standard InChI is InChI=1S/C16H16Cl2O2/c1-19-15-8-7-12(10-16(15)20-2)14(18)9-11-5-3-4-6-13(11)17/h3-8,10,14H,9H2,1-2H3. The second-order valence-electron chi connectivity index (χ2n) is 4.38. The van der Waals surface area contributed by atoms with E-state index in [1.807, 2.05) is 42.5 Å². The van der Waals surface area contributed by atoms with Gasteiger partial charge in [0.1, 0.15) is 0 Å². The van der Waals surface area contributed by atoms with Crippen LogP contribution in [0.4, 0.5) is 0 Å². The van der Waals surface area contributed by atoms with Gasteiger partial charge in [-0.05, 0) is 35.7 Å². The minimum Gasteiger partial charge on any atom is -0.493 e. The molecule has 0 N–H and O–H groups in total. The quantitative estimate of drug-likeness (QED) is 0.733. The fourth-order valence-corrected chi connectivity index (χ4v) is 2.54. The first kappa shape index (κ1) is 15.0. The molecule has 106 valence electrons. The van der Waals surface area contributed by atoms with Gasteiger partial charge in [0.25, 0.3) is 0 Å². The number of hydrogen-bond acceptors (Lipinski definition) is 2. The third-order valence-corrected chi connectivity index (χ3v) is 3.90. The SMILES string of the molecule is COc1ccc(C(Cl)Cc2ccccc2Cl)cc1OC. The Morgan fingerprint density at radius 1 is 1.00 bits per heavy atom. The summed E-state index contributed by atoms with van der Waals surface area (Å²) in [6, 6.07) is 13.4.